The molecule has 0 radical (unpaired) electrons. The van der Waals surface area contributed by atoms with E-state index in [0.717, 1.165) is 10.9 Å². The first kappa shape index (κ1) is 14.4. The van der Waals surface area contributed by atoms with Crippen molar-refractivity contribution in [3.8, 4) is 0 Å². The molecule has 6 nitrogen and oxygen atoms in total. The molecule has 1 aromatic carbocycles. The number of nitrogens with zero attached hydrogens (tertiary/aromatic N) is 2. The van der Waals surface area contributed by atoms with E-state index in [1.54, 1.807) is 19.1 Å². The molecule has 0 aliphatic heterocycles. The van der Waals surface area contributed by atoms with E-state index in [1.807, 2.05) is 22.9 Å². The zero-order chi connectivity index (χ0) is 14.8. The van der Waals surface area contributed by atoms with Gasteiger partial charge in [-0.3, -0.25) is 0 Å². The van der Waals surface area contributed by atoms with Gasteiger partial charge in [0.1, 0.15) is 0 Å². The Bertz CT molecular complexity index is 747. The molecule has 3 N–H and O–H groups in total. The van der Waals surface area contributed by atoms with Gasteiger partial charge < -0.3 is 15.5 Å². The van der Waals surface area contributed by atoms with Gasteiger partial charge in [0.2, 0.25) is 0 Å². The molecule has 0 fully saturated rings. The van der Waals surface area contributed by atoms with E-state index >= 15 is 0 Å². The molecule has 7 heteroatoms. The van der Waals surface area contributed by atoms with Crippen molar-refractivity contribution in [2.45, 2.75) is 13.5 Å². The average molecular weight is 295 g/mol. The van der Waals surface area contributed by atoms with E-state index in [9.17, 15) is 8.42 Å². The minimum atomic E-state index is -3.00. The Kier molecular flexibility index (Phi) is 3.99. The van der Waals surface area contributed by atoms with Crippen molar-refractivity contribution in [1.29, 1.82) is 0 Å². The standard InChI is InChI=1S/C13H17N3O3S/c1-2-20(18,19)9-8-16-7-6-10-11(13(14)15-17)4-3-5-12(10)16/h3-7,17H,2,8-9H2,1H3,(H2,14,15). The topological polar surface area (TPSA) is 97.7 Å². The number of nitrogens with two attached hydrogens (primary N) is 1. The van der Waals surface area contributed by atoms with Crippen LogP contribution >= 0.6 is 0 Å². The highest BCUT2D eigenvalue weighted by Crippen LogP contribution is 2.20. The Hall–Kier alpha value is -2.02. The molecule has 0 unspecified atom stereocenters. The molecule has 0 aliphatic rings. The van der Waals surface area contributed by atoms with E-state index in [0.29, 0.717) is 12.1 Å². The Morgan fingerprint density at radius 3 is 2.80 bits per heavy atom. The van der Waals surface area contributed by atoms with Crippen LogP contribution in [0.2, 0.25) is 0 Å². The second-order valence-corrected chi connectivity index (χ2v) is 6.94. The lowest BCUT2D eigenvalue weighted by Crippen LogP contribution is -2.15. The summed E-state index contributed by atoms with van der Waals surface area (Å²) in [5, 5.41) is 12.6. The zero-order valence-corrected chi connectivity index (χ0v) is 12.0. The fraction of sp³-hybridized carbons (Fsp3) is 0.308. The number of rotatable bonds is 5. The van der Waals surface area contributed by atoms with E-state index < -0.39 is 9.84 Å². The molecule has 20 heavy (non-hydrogen) atoms. The lowest BCUT2D eigenvalue weighted by atomic mass is 10.1. The highest BCUT2D eigenvalue weighted by molar-refractivity contribution is 7.91. The summed E-state index contributed by atoms with van der Waals surface area (Å²) in [7, 11) is -3.00. The zero-order valence-electron chi connectivity index (χ0n) is 11.2. The second-order valence-electron chi connectivity index (χ2n) is 4.47. The quantitative estimate of drug-likeness (QED) is 0.374. The molecule has 2 rings (SSSR count). The van der Waals surface area contributed by atoms with Crippen LogP contribution in [-0.4, -0.2) is 35.5 Å². The van der Waals surface area contributed by atoms with Gasteiger partial charge in [-0.05, 0) is 12.1 Å². The van der Waals surface area contributed by atoms with E-state index in [1.165, 1.54) is 0 Å². The predicted octanol–water partition coefficient (Wildman–Crippen LogP) is 1.17. The molecule has 1 aromatic heterocycles. The first-order valence-electron chi connectivity index (χ1n) is 6.24. The van der Waals surface area contributed by atoms with Gasteiger partial charge in [0.15, 0.2) is 15.7 Å². The number of hydrogen-bond acceptors (Lipinski definition) is 4. The first-order valence-corrected chi connectivity index (χ1v) is 8.07. The normalized spacial score (nSPS) is 12.9. The first-order chi connectivity index (χ1) is 9.48. The lowest BCUT2D eigenvalue weighted by Gasteiger charge is -2.07. The maximum atomic E-state index is 11.6. The van der Waals surface area contributed by atoms with Crippen LogP contribution in [0.25, 0.3) is 10.9 Å². The average Bonchev–Trinajstić information content (AvgIpc) is 2.87. The highest BCUT2D eigenvalue weighted by Gasteiger charge is 2.11. The van der Waals surface area contributed by atoms with Gasteiger partial charge in [0.25, 0.3) is 0 Å². The third-order valence-electron chi connectivity index (χ3n) is 3.28. The van der Waals surface area contributed by atoms with Gasteiger partial charge in [0.05, 0.1) is 5.75 Å². The third-order valence-corrected chi connectivity index (χ3v) is 4.96. The van der Waals surface area contributed by atoms with Crippen molar-refractivity contribution in [3.63, 3.8) is 0 Å². The van der Waals surface area contributed by atoms with Gasteiger partial charge >= 0.3 is 0 Å². The van der Waals surface area contributed by atoms with Crippen LogP contribution in [0.3, 0.4) is 0 Å². The van der Waals surface area contributed by atoms with Crippen LogP contribution in [0.5, 0.6) is 0 Å². The number of benzene rings is 1. The summed E-state index contributed by atoms with van der Waals surface area (Å²) in [4.78, 5) is 0. The summed E-state index contributed by atoms with van der Waals surface area (Å²) < 4.78 is 25.0. The van der Waals surface area contributed by atoms with E-state index in [2.05, 4.69) is 5.16 Å². The largest absolute Gasteiger partial charge is 0.409 e. The molecule has 0 saturated carbocycles. The van der Waals surface area contributed by atoms with Crippen LogP contribution in [0.1, 0.15) is 12.5 Å². The molecule has 0 saturated heterocycles. The molecule has 108 valence electrons. The van der Waals surface area contributed by atoms with E-state index in [-0.39, 0.29) is 17.3 Å². The van der Waals surface area contributed by atoms with E-state index in [4.69, 9.17) is 10.9 Å². The lowest BCUT2D eigenvalue weighted by molar-refractivity contribution is 0.318. The number of aryl methyl sites for hydroxylation is 1. The fourth-order valence-corrected chi connectivity index (χ4v) is 2.84. The molecular weight excluding hydrogens is 278 g/mol. The summed E-state index contributed by atoms with van der Waals surface area (Å²) in [6, 6.07) is 7.26. The number of hydrogen-bond donors (Lipinski definition) is 2. The number of sulfone groups is 1. The molecular formula is C13H17N3O3S. The van der Waals surface area contributed by atoms with Gasteiger partial charge in [-0.25, -0.2) is 8.42 Å². The number of oxime groups is 1. The smallest absolute Gasteiger partial charge is 0.170 e. The van der Waals surface area contributed by atoms with Crippen LogP contribution in [0, 0.1) is 0 Å². The third kappa shape index (κ3) is 2.77. The van der Waals surface area contributed by atoms with Crippen molar-refractivity contribution < 1.29 is 13.6 Å². The molecule has 2 aromatic rings. The monoisotopic (exact) mass is 295 g/mol. The molecule has 0 atom stereocenters. The summed E-state index contributed by atoms with van der Waals surface area (Å²) in [5.41, 5.74) is 7.12. The van der Waals surface area contributed by atoms with Crippen molar-refractivity contribution >= 4 is 26.6 Å². The fourth-order valence-electron chi connectivity index (χ4n) is 2.08. The molecule has 1 heterocycles. The Morgan fingerprint density at radius 2 is 2.15 bits per heavy atom. The summed E-state index contributed by atoms with van der Waals surface area (Å²) in [5.74, 6) is 0.275. The van der Waals surface area contributed by atoms with Crippen molar-refractivity contribution in [2.75, 3.05) is 11.5 Å². The molecule has 0 bridgehead atoms. The maximum Gasteiger partial charge on any atom is 0.170 e. The van der Waals surface area contributed by atoms with Gasteiger partial charge in [0, 0.05) is 35.0 Å². The number of fused-ring (bicyclic) bond motifs is 1. The Labute approximate surface area is 117 Å². The SMILES string of the molecule is CCS(=O)(=O)CCn1ccc2c(/C(N)=N/O)cccc21. The summed E-state index contributed by atoms with van der Waals surface area (Å²) in [6.45, 7) is 2.03. The van der Waals surface area contributed by atoms with Crippen LogP contribution < -0.4 is 5.73 Å². The minimum Gasteiger partial charge on any atom is -0.409 e. The molecule has 0 spiro atoms. The van der Waals surface area contributed by atoms with Crippen molar-refractivity contribution in [2.24, 2.45) is 10.9 Å². The molecule has 0 aliphatic carbocycles. The number of amidine groups is 1. The van der Waals surface area contributed by atoms with Crippen molar-refractivity contribution in [1.82, 2.24) is 4.57 Å². The summed E-state index contributed by atoms with van der Waals surface area (Å²) >= 11 is 0. The second kappa shape index (κ2) is 5.54. The van der Waals surface area contributed by atoms with Gasteiger partial charge in [-0.2, -0.15) is 0 Å². The van der Waals surface area contributed by atoms with Gasteiger partial charge in [-0.15, -0.1) is 0 Å². The molecule has 0 amide bonds. The van der Waals surface area contributed by atoms with Gasteiger partial charge in [-0.1, -0.05) is 24.2 Å². The number of aromatic nitrogens is 1. The minimum absolute atomic E-state index is 0.0366. The van der Waals surface area contributed by atoms with Crippen LogP contribution in [0.15, 0.2) is 35.6 Å². The van der Waals surface area contributed by atoms with Crippen molar-refractivity contribution in [3.05, 3.63) is 36.0 Å². The predicted molar refractivity (Wildman–Crippen MR) is 78.8 cm³/mol. The maximum absolute atomic E-state index is 11.6. The Morgan fingerprint density at radius 1 is 1.40 bits per heavy atom. The van der Waals surface area contributed by atoms with Crippen LogP contribution in [0.4, 0.5) is 0 Å². The summed E-state index contributed by atoms with van der Waals surface area (Å²) in [6.07, 6.45) is 1.81. The Balaban J connectivity index is 2.38. The van der Waals surface area contributed by atoms with Crippen LogP contribution in [-0.2, 0) is 16.4 Å². The highest BCUT2D eigenvalue weighted by atomic mass is 32.2.